The highest BCUT2D eigenvalue weighted by molar-refractivity contribution is 6.39. The first-order valence-electron chi connectivity index (χ1n) is 7.55. The third-order valence-electron chi connectivity index (χ3n) is 3.77. The molecule has 1 fully saturated rings. The Bertz CT molecular complexity index is 668. The van der Waals surface area contributed by atoms with Crippen LogP contribution in [0.2, 0.25) is 0 Å². The summed E-state index contributed by atoms with van der Waals surface area (Å²) in [5.41, 5.74) is 0.623. The highest BCUT2D eigenvalue weighted by atomic mass is 16.2. The molecule has 0 atom stereocenters. The zero-order valence-electron chi connectivity index (χ0n) is 12.7. The number of nitrogens with one attached hydrogen (secondary N) is 1. The average Bonchev–Trinajstić information content (AvgIpc) is 2.63. The number of carbonyl (C=O) groups excluding carboxylic acids is 2. The van der Waals surface area contributed by atoms with Gasteiger partial charge in [-0.25, -0.2) is 4.98 Å². The standard InChI is InChI=1S/C17H18N4O2/c22-16(19-14-6-2-1-3-7-14)17(23)21-12-10-20(11-13-21)15-8-4-5-9-18-15/h1-9H,10-13H2,(H,19,22). The highest BCUT2D eigenvalue weighted by Crippen LogP contribution is 2.13. The maximum absolute atomic E-state index is 12.2. The van der Waals surface area contributed by atoms with E-state index in [2.05, 4.69) is 15.2 Å². The lowest BCUT2D eigenvalue weighted by molar-refractivity contribution is -0.143. The monoisotopic (exact) mass is 310 g/mol. The number of benzene rings is 1. The van der Waals surface area contributed by atoms with E-state index in [1.54, 1.807) is 23.2 Å². The molecule has 6 nitrogen and oxygen atoms in total. The van der Waals surface area contributed by atoms with Crippen molar-refractivity contribution in [3.63, 3.8) is 0 Å². The molecule has 3 rings (SSSR count). The Balaban J connectivity index is 1.55. The first kappa shape index (κ1) is 15.0. The number of hydrogen-bond acceptors (Lipinski definition) is 4. The molecular weight excluding hydrogens is 292 g/mol. The number of pyridine rings is 1. The number of rotatable bonds is 2. The van der Waals surface area contributed by atoms with Gasteiger partial charge in [0.25, 0.3) is 0 Å². The highest BCUT2D eigenvalue weighted by Gasteiger charge is 2.26. The Hall–Kier alpha value is -2.89. The lowest BCUT2D eigenvalue weighted by Gasteiger charge is -2.34. The topological polar surface area (TPSA) is 65.5 Å². The van der Waals surface area contributed by atoms with Gasteiger partial charge in [0, 0.05) is 38.1 Å². The molecule has 2 aromatic rings. The van der Waals surface area contributed by atoms with Crippen LogP contribution in [0.4, 0.5) is 11.5 Å². The summed E-state index contributed by atoms with van der Waals surface area (Å²) in [5.74, 6) is -0.189. The van der Waals surface area contributed by atoms with Gasteiger partial charge in [0.2, 0.25) is 0 Å². The molecule has 118 valence electrons. The normalized spacial score (nSPS) is 14.4. The minimum atomic E-state index is -0.595. The Morgan fingerprint density at radius 1 is 0.913 bits per heavy atom. The number of carbonyl (C=O) groups is 2. The average molecular weight is 310 g/mol. The predicted molar refractivity (Wildman–Crippen MR) is 88.1 cm³/mol. The number of amides is 2. The van der Waals surface area contributed by atoms with Gasteiger partial charge >= 0.3 is 11.8 Å². The molecule has 2 heterocycles. The van der Waals surface area contributed by atoms with Crippen molar-refractivity contribution in [2.45, 2.75) is 0 Å². The Morgan fingerprint density at radius 2 is 1.61 bits per heavy atom. The van der Waals surface area contributed by atoms with Crippen LogP contribution in [-0.2, 0) is 9.59 Å². The molecule has 0 aliphatic carbocycles. The van der Waals surface area contributed by atoms with E-state index in [9.17, 15) is 9.59 Å². The molecule has 0 radical (unpaired) electrons. The zero-order valence-corrected chi connectivity index (χ0v) is 12.7. The van der Waals surface area contributed by atoms with Gasteiger partial charge in [-0.3, -0.25) is 9.59 Å². The molecule has 0 unspecified atom stereocenters. The van der Waals surface area contributed by atoms with Gasteiger partial charge < -0.3 is 15.1 Å². The molecule has 1 aromatic heterocycles. The minimum absolute atomic E-state index is 0.491. The second-order valence-electron chi connectivity index (χ2n) is 5.29. The molecular formula is C17H18N4O2. The van der Waals surface area contributed by atoms with E-state index in [1.165, 1.54) is 0 Å². The quantitative estimate of drug-likeness (QED) is 0.851. The van der Waals surface area contributed by atoms with E-state index >= 15 is 0 Å². The Kier molecular flexibility index (Phi) is 4.52. The van der Waals surface area contributed by atoms with Crippen molar-refractivity contribution in [2.24, 2.45) is 0 Å². The van der Waals surface area contributed by atoms with Crippen LogP contribution in [-0.4, -0.2) is 47.9 Å². The summed E-state index contributed by atoms with van der Waals surface area (Å²) >= 11 is 0. The van der Waals surface area contributed by atoms with Crippen LogP contribution in [0.25, 0.3) is 0 Å². The molecule has 1 saturated heterocycles. The Morgan fingerprint density at radius 3 is 2.26 bits per heavy atom. The molecule has 1 aromatic carbocycles. The minimum Gasteiger partial charge on any atom is -0.353 e. The van der Waals surface area contributed by atoms with Crippen molar-refractivity contribution in [2.75, 3.05) is 36.4 Å². The summed E-state index contributed by atoms with van der Waals surface area (Å²) in [7, 11) is 0. The summed E-state index contributed by atoms with van der Waals surface area (Å²) in [4.78, 5) is 32.3. The second kappa shape index (κ2) is 6.91. The van der Waals surface area contributed by atoms with Crippen molar-refractivity contribution in [3.8, 4) is 0 Å². The second-order valence-corrected chi connectivity index (χ2v) is 5.29. The van der Waals surface area contributed by atoms with Gasteiger partial charge in [0.1, 0.15) is 5.82 Å². The molecule has 0 bridgehead atoms. The smallest absolute Gasteiger partial charge is 0.313 e. The van der Waals surface area contributed by atoms with E-state index in [1.807, 2.05) is 36.4 Å². The Labute approximate surface area is 134 Å². The third-order valence-corrected chi connectivity index (χ3v) is 3.77. The van der Waals surface area contributed by atoms with Crippen molar-refractivity contribution >= 4 is 23.3 Å². The first-order valence-corrected chi connectivity index (χ1v) is 7.55. The molecule has 23 heavy (non-hydrogen) atoms. The van der Waals surface area contributed by atoms with Crippen molar-refractivity contribution in [1.29, 1.82) is 0 Å². The van der Waals surface area contributed by atoms with E-state index in [4.69, 9.17) is 0 Å². The van der Waals surface area contributed by atoms with Crippen LogP contribution < -0.4 is 10.2 Å². The van der Waals surface area contributed by atoms with Crippen LogP contribution in [0.3, 0.4) is 0 Å². The van der Waals surface area contributed by atoms with Crippen LogP contribution in [0.1, 0.15) is 0 Å². The van der Waals surface area contributed by atoms with Crippen molar-refractivity contribution < 1.29 is 9.59 Å². The third kappa shape index (κ3) is 3.66. The lowest BCUT2D eigenvalue weighted by Crippen LogP contribution is -2.51. The number of anilines is 2. The van der Waals surface area contributed by atoms with E-state index in [-0.39, 0.29) is 0 Å². The fourth-order valence-corrected chi connectivity index (χ4v) is 2.53. The van der Waals surface area contributed by atoms with Gasteiger partial charge in [-0.2, -0.15) is 0 Å². The van der Waals surface area contributed by atoms with Crippen molar-refractivity contribution in [3.05, 3.63) is 54.7 Å². The molecule has 0 saturated carbocycles. The first-order chi connectivity index (χ1) is 11.2. The summed E-state index contributed by atoms with van der Waals surface area (Å²) in [6.45, 7) is 2.36. The van der Waals surface area contributed by atoms with Gasteiger partial charge in [-0.1, -0.05) is 24.3 Å². The van der Waals surface area contributed by atoms with E-state index < -0.39 is 11.8 Å². The number of piperazine rings is 1. The van der Waals surface area contributed by atoms with E-state index in [0.29, 0.717) is 31.9 Å². The number of nitrogens with zero attached hydrogens (tertiary/aromatic N) is 3. The SMILES string of the molecule is O=C(Nc1ccccc1)C(=O)N1CCN(c2ccccn2)CC1. The molecule has 6 heteroatoms. The van der Waals surface area contributed by atoms with Crippen LogP contribution in [0, 0.1) is 0 Å². The van der Waals surface area contributed by atoms with Crippen LogP contribution in [0.5, 0.6) is 0 Å². The summed E-state index contributed by atoms with van der Waals surface area (Å²) in [5, 5.41) is 2.63. The molecule has 2 amide bonds. The summed E-state index contributed by atoms with van der Waals surface area (Å²) in [6, 6.07) is 14.7. The van der Waals surface area contributed by atoms with Gasteiger partial charge in [0.05, 0.1) is 0 Å². The summed E-state index contributed by atoms with van der Waals surface area (Å²) in [6.07, 6.45) is 1.75. The van der Waals surface area contributed by atoms with Crippen molar-refractivity contribution in [1.82, 2.24) is 9.88 Å². The molecule has 1 aliphatic heterocycles. The zero-order chi connectivity index (χ0) is 16.1. The largest absolute Gasteiger partial charge is 0.353 e. The van der Waals surface area contributed by atoms with Gasteiger partial charge in [-0.15, -0.1) is 0 Å². The maximum Gasteiger partial charge on any atom is 0.313 e. The van der Waals surface area contributed by atoms with E-state index in [0.717, 1.165) is 5.82 Å². The van der Waals surface area contributed by atoms with Gasteiger partial charge in [0.15, 0.2) is 0 Å². The molecule has 0 spiro atoms. The fourth-order valence-electron chi connectivity index (χ4n) is 2.53. The fraction of sp³-hybridized carbons (Fsp3) is 0.235. The number of hydrogen-bond donors (Lipinski definition) is 1. The maximum atomic E-state index is 12.2. The lowest BCUT2D eigenvalue weighted by atomic mass is 10.2. The summed E-state index contributed by atoms with van der Waals surface area (Å²) < 4.78 is 0. The van der Waals surface area contributed by atoms with Crippen LogP contribution in [0.15, 0.2) is 54.7 Å². The predicted octanol–water partition coefficient (Wildman–Crippen LogP) is 1.37. The van der Waals surface area contributed by atoms with Crippen LogP contribution >= 0.6 is 0 Å². The molecule has 1 N–H and O–H groups in total. The van der Waals surface area contributed by atoms with Gasteiger partial charge in [-0.05, 0) is 24.3 Å². The number of para-hydroxylation sites is 1. The molecule has 1 aliphatic rings. The number of aromatic nitrogens is 1.